The van der Waals surface area contributed by atoms with Crippen LogP contribution >= 0.6 is 0 Å². The van der Waals surface area contributed by atoms with Gasteiger partial charge in [-0.25, -0.2) is 18.1 Å². The van der Waals surface area contributed by atoms with E-state index in [-0.39, 0.29) is 10.6 Å². The minimum atomic E-state index is -3.63. The van der Waals surface area contributed by atoms with Crippen LogP contribution in [-0.4, -0.2) is 29.9 Å². The molecule has 2 heterocycles. The lowest BCUT2D eigenvalue weighted by Gasteiger charge is -2.38. The van der Waals surface area contributed by atoms with Crippen molar-refractivity contribution in [3.05, 3.63) is 24.4 Å². The third kappa shape index (κ3) is 2.51. The van der Waals surface area contributed by atoms with Crippen LogP contribution < -0.4 is 10.0 Å². The van der Waals surface area contributed by atoms with Gasteiger partial charge in [-0.05, 0) is 45.2 Å². The van der Waals surface area contributed by atoms with Crippen LogP contribution in [0.3, 0.4) is 0 Å². The number of sulfonamides is 1. The number of anilines is 1. The van der Waals surface area contributed by atoms with Gasteiger partial charge in [0.2, 0.25) is 0 Å². The molecule has 1 aliphatic rings. The molecular weight excluding hydrogens is 288 g/mol. The van der Waals surface area contributed by atoms with Gasteiger partial charge in [0.1, 0.15) is 5.65 Å². The lowest BCUT2D eigenvalue weighted by Crippen LogP contribution is -2.51. The molecule has 7 heteroatoms. The minimum Gasteiger partial charge on any atom is -0.368 e. The minimum absolute atomic E-state index is 0.188. The van der Waals surface area contributed by atoms with Gasteiger partial charge in [0.25, 0.3) is 10.0 Å². The molecule has 2 aromatic rings. The van der Waals surface area contributed by atoms with E-state index >= 15 is 0 Å². The van der Waals surface area contributed by atoms with Crippen LogP contribution in [0.25, 0.3) is 5.65 Å². The summed E-state index contributed by atoms with van der Waals surface area (Å²) < 4.78 is 30.0. The number of imidazole rings is 1. The first-order valence-electron chi connectivity index (χ1n) is 7.20. The summed E-state index contributed by atoms with van der Waals surface area (Å²) in [6.45, 7) is 4.48. The number of nitrogens with zero attached hydrogens (tertiary/aromatic N) is 2. The summed E-state index contributed by atoms with van der Waals surface area (Å²) in [6.07, 6.45) is 4.53. The predicted molar refractivity (Wildman–Crippen MR) is 81.9 cm³/mol. The third-order valence-electron chi connectivity index (χ3n) is 3.92. The zero-order valence-electron chi connectivity index (χ0n) is 12.3. The second kappa shape index (κ2) is 4.99. The summed E-state index contributed by atoms with van der Waals surface area (Å²) in [5.41, 5.74) is 0.286. The molecule has 1 saturated carbocycles. The third-order valence-corrected chi connectivity index (χ3v) is 5.58. The zero-order valence-corrected chi connectivity index (χ0v) is 13.1. The van der Waals surface area contributed by atoms with Crippen LogP contribution in [0.5, 0.6) is 0 Å². The van der Waals surface area contributed by atoms with Crippen molar-refractivity contribution >= 4 is 21.5 Å². The molecular formula is C14H20N4O2S. The summed E-state index contributed by atoms with van der Waals surface area (Å²) in [4.78, 5) is 4.38. The van der Waals surface area contributed by atoms with E-state index in [1.165, 1.54) is 0 Å². The monoisotopic (exact) mass is 308 g/mol. The van der Waals surface area contributed by atoms with E-state index in [1.807, 2.05) is 19.9 Å². The standard InChI is InChI=1S/C14H20N4O2S/c1-3-15-12-13(18-10-5-4-7-11(18)16-12)21(19,20)17-14(2)8-6-9-14/h4-5,7,10,15,17H,3,6,8-9H2,1-2H3. The van der Waals surface area contributed by atoms with Crippen molar-refractivity contribution in [3.8, 4) is 0 Å². The Morgan fingerprint density at radius 3 is 2.76 bits per heavy atom. The molecule has 114 valence electrons. The molecule has 1 fully saturated rings. The highest BCUT2D eigenvalue weighted by Gasteiger charge is 2.38. The maximum Gasteiger partial charge on any atom is 0.260 e. The van der Waals surface area contributed by atoms with Crippen LogP contribution in [0.4, 0.5) is 5.82 Å². The molecule has 3 rings (SSSR count). The lowest BCUT2D eigenvalue weighted by atomic mass is 9.80. The molecule has 0 atom stereocenters. The average Bonchev–Trinajstić information content (AvgIpc) is 2.75. The molecule has 0 aromatic carbocycles. The first-order valence-corrected chi connectivity index (χ1v) is 8.68. The van der Waals surface area contributed by atoms with Crippen molar-refractivity contribution in [1.82, 2.24) is 14.1 Å². The number of fused-ring (bicyclic) bond motifs is 1. The number of nitrogens with one attached hydrogen (secondary N) is 2. The largest absolute Gasteiger partial charge is 0.368 e. The molecule has 0 bridgehead atoms. The highest BCUT2D eigenvalue weighted by atomic mass is 32.2. The van der Waals surface area contributed by atoms with Gasteiger partial charge in [0, 0.05) is 18.3 Å². The van der Waals surface area contributed by atoms with Crippen molar-refractivity contribution in [2.24, 2.45) is 0 Å². The van der Waals surface area contributed by atoms with E-state index in [2.05, 4.69) is 15.0 Å². The van der Waals surface area contributed by atoms with E-state index < -0.39 is 10.0 Å². The molecule has 2 aromatic heterocycles. The summed E-state index contributed by atoms with van der Waals surface area (Å²) in [5.74, 6) is 0.402. The SMILES string of the molecule is CCNc1nc2ccccn2c1S(=O)(=O)NC1(C)CCC1. The Labute approximate surface area is 124 Å². The van der Waals surface area contributed by atoms with Gasteiger partial charge in [-0.1, -0.05) is 6.07 Å². The highest BCUT2D eigenvalue weighted by molar-refractivity contribution is 7.89. The van der Waals surface area contributed by atoms with Crippen LogP contribution in [-0.2, 0) is 10.0 Å². The summed E-state index contributed by atoms with van der Waals surface area (Å²) >= 11 is 0. The van der Waals surface area contributed by atoms with Gasteiger partial charge in [-0.15, -0.1) is 0 Å². The molecule has 0 saturated heterocycles. The Balaban J connectivity index is 2.10. The van der Waals surface area contributed by atoms with Crippen LogP contribution in [0.2, 0.25) is 0 Å². The first kappa shape index (κ1) is 14.3. The van der Waals surface area contributed by atoms with Gasteiger partial charge in [-0.2, -0.15) is 0 Å². The second-order valence-corrected chi connectivity index (χ2v) is 7.34. The number of rotatable bonds is 5. The fourth-order valence-electron chi connectivity index (χ4n) is 2.69. The molecule has 0 spiro atoms. The Morgan fingerprint density at radius 2 is 2.14 bits per heavy atom. The zero-order chi connectivity index (χ0) is 15.1. The Hall–Kier alpha value is -1.60. The van der Waals surface area contributed by atoms with Gasteiger partial charge in [0.05, 0.1) is 0 Å². The maximum absolute atomic E-state index is 12.8. The van der Waals surface area contributed by atoms with Gasteiger partial charge >= 0.3 is 0 Å². The van der Waals surface area contributed by atoms with Gasteiger partial charge < -0.3 is 5.32 Å². The molecule has 6 nitrogen and oxygen atoms in total. The van der Waals surface area contributed by atoms with Crippen molar-refractivity contribution in [2.45, 2.75) is 43.7 Å². The van der Waals surface area contributed by atoms with E-state index in [1.54, 1.807) is 22.7 Å². The normalized spacial score (nSPS) is 17.6. The molecule has 2 N–H and O–H groups in total. The number of hydrogen-bond donors (Lipinski definition) is 2. The topological polar surface area (TPSA) is 75.5 Å². The quantitative estimate of drug-likeness (QED) is 0.885. The Morgan fingerprint density at radius 1 is 1.38 bits per heavy atom. The molecule has 0 amide bonds. The lowest BCUT2D eigenvalue weighted by molar-refractivity contribution is 0.247. The molecule has 0 unspecified atom stereocenters. The maximum atomic E-state index is 12.8. The number of aromatic nitrogens is 2. The van der Waals surface area contributed by atoms with Gasteiger partial charge in [-0.3, -0.25) is 4.40 Å². The van der Waals surface area contributed by atoms with Crippen molar-refractivity contribution in [1.29, 1.82) is 0 Å². The van der Waals surface area contributed by atoms with Crippen LogP contribution in [0.15, 0.2) is 29.4 Å². The predicted octanol–water partition coefficient (Wildman–Crippen LogP) is 1.99. The number of pyridine rings is 1. The fourth-order valence-corrected chi connectivity index (χ4v) is 4.43. The molecule has 0 radical (unpaired) electrons. The molecule has 0 aliphatic heterocycles. The number of hydrogen-bond acceptors (Lipinski definition) is 4. The smallest absolute Gasteiger partial charge is 0.260 e. The fraction of sp³-hybridized carbons (Fsp3) is 0.500. The van der Waals surface area contributed by atoms with Crippen molar-refractivity contribution in [2.75, 3.05) is 11.9 Å². The summed E-state index contributed by atoms with van der Waals surface area (Å²) in [5, 5.41) is 3.23. The first-order chi connectivity index (χ1) is 9.95. The van der Waals surface area contributed by atoms with Crippen LogP contribution in [0, 0.1) is 0 Å². The Bertz CT molecular complexity index is 762. The average molecular weight is 308 g/mol. The molecule has 1 aliphatic carbocycles. The van der Waals surface area contributed by atoms with Crippen LogP contribution in [0.1, 0.15) is 33.1 Å². The van der Waals surface area contributed by atoms with E-state index in [9.17, 15) is 8.42 Å². The van der Waals surface area contributed by atoms with Crippen molar-refractivity contribution in [3.63, 3.8) is 0 Å². The van der Waals surface area contributed by atoms with E-state index in [4.69, 9.17) is 0 Å². The second-order valence-electron chi connectivity index (χ2n) is 5.74. The van der Waals surface area contributed by atoms with Crippen molar-refractivity contribution < 1.29 is 8.42 Å². The summed E-state index contributed by atoms with van der Waals surface area (Å²) in [7, 11) is -3.63. The Kier molecular flexibility index (Phi) is 3.41. The molecule has 21 heavy (non-hydrogen) atoms. The van der Waals surface area contributed by atoms with Gasteiger partial charge in [0.15, 0.2) is 10.8 Å². The van der Waals surface area contributed by atoms with E-state index in [0.717, 1.165) is 19.3 Å². The highest BCUT2D eigenvalue weighted by Crippen LogP contribution is 2.33. The van der Waals surface area contributed by atoms with E-state index in [0.29, 0.717) is 18.0 Å². The summed E-state index contributed by atoms with van der Waals surface area (Å²) in [6, 6.07) is 5.44.